The fourth-order valence-electron chi connectivity index (χ4n) is 2.40. The molecule has 0 atom stereocenters. The summed E-state index contributed by atoms with van der Waals surface area (Å²) in [5, 5.41) is 8.94. The summed E-state index contributed by atoms with van der Waals surface area (Å²) in [6.45, 7) is 1.63. The fourth-order valence-corrected chi connectivity index (χ4v) is 3.08. The van der Waals surface area contributed by atoms with E-state index in [0.29, 0.717) is 17.1 Å². The smallest absolute Gasteiger partial charge is 0.290 e. The molecule has 0 aliphatic heterocycles. The second kappa shape index (κ2) is 7.40. The summed E-state index contributed by atoms with van der Waals surface area (Å²) < 4.78 is 6.25. The van der Waals surface area contributed by atoms with Gasteiger partial charge in [-0.3, -0.25) is 9.59 Å². The molecule has 3 N–H and O–H groups in total. The first kappa shape index (κ1) is 17.7. The Morgan fingerprint density at radius 2 is 2.15 bits per heavy atom. The minimum absolute atomic E-state index is 0.0498. The van der Waals surface area contributed by atoms with Crippen molar-refractivity contribution in [1.29, 1.82) is 0 Å². The molecule has 0 unspecified atom stereocenters. The first-order chi connectivity index (χ1) is 12.5. The molecule has 1 aromatic carbocycles. The van der Waals surface area contributed by atoms with Crippen molar-refractivity contribution in [3.63, 3.8) is 0 Å². The van der Waals surface area contributed by atoms with E-state index in [9.17, 15) is 9.59 Å². The van der Waals surface area contributed by atoms with E-state index in [1.807, 2.05) is 36.6 Å². The molecular weight excluding hydrogens is 352 g/mol. The number of ether oxygens (including phenoxy) is 1. The first-order valence-electron chi connectivity index (χ1n) is 7.84. The molecule has 0 bridgehead atoms. The molecule has 0 aliphatic rings. The van der Waals surface area contributed by atoms with Gasteiger partial charge in [-0.25, -0.2) is 4.68 Å². The molecule has 134 valence electrons. The van der Waals surface area contributed by atoms with Gasteiger partial charge in [-0.05, 0) is 36.1 Å². The monoisotopic (exact) mass is 370 g/mol. The normalized spacial score (nSPS) is 10.5. The van der Waals surface area contributed by atoms with E-state index in [2.05, 4.69) is 10.4 Å². The third-order valence-electron chi connectivity index (χ3n) is 3.79. The van der Waals surface area contributed by atoms with Gasteiger partial charge in [0.25, 0.3) is 5.56 Å². The summed E-state index contributed by atoms with van der Waals surface area (Å²) >= 11 is 1.48. The van der Waals surface area contributed by atoms with Crippen molar-refractivity contribution in [2.75, 3.05) is 18.2 Å². The van der Waals surface area contributed by atoms with E-state index in [1.54, 1.807) is 13.2 Å². The Bertz CT molecular complexity index is 996. The molecule has 7 nitrogen and oxygen atoms in total. The lowest BCUT2D eigenvalue weighted by Gasteiger charge is -2.11. The molecule has 0 fully saturated rings. The van der Waals surface area contributed by atoms with Crippen molar-refractivity contribution in [2.45, 2.75) is 13.5 Å². The number of hydrogen-bond donors (Lipinski definition) is 2. The minimum Gasteiger partial charge on any atom is -0.497 e. The molecule has 2 heterocycles. The number of methoxy groups -OCH3 is 1. The van der Waals surface area contributed by atoms with Crippen LogP contribution in [0.5, 0.6) is 5.75 Å². The summed E-state index contributed by atoms with van der Waals surface area (Å²) in [5.41, 5.74) is 7.41. The molecule has 0 aliphatic carbocycles. The average Bonchev–Trinajstić information content (AvgIpc) is 3.15. The molecule has 26 heavy (non-hydrogen) atoms. The molecule has 3 aromatic rings. The van der Waals surface area contributed by atoms with E-state index in [-0.39, 0.29) is 18.1 Å². The number of carbonyl (C=O) groups excluding carboxylic acids is 1. The van der Waals surface area contributed by atoms with Crippen LogP contribution in [0.3, 0.4) is 0 Å². The highest BCUT2D eigenvalue weighted by Crippen LogP contribution is 2.23. The second-order valence-electron chi connectivity index (χ2n) is 5.65. The number of nitrogens with two attached hydrogens (primary N) is 1. The van der Waals surface area contributed by atoms with Gasteiger partial charge in [-0.2, -0.15) is 5.10 Å². The Balaban J connectivity index is 1.84. The molecule has 0 saturated heterocycles. The molecule has 8 heteroatoms. The SMILES string of the molecule is COc1ccc(C)c(NC(=O)Cn2nc(-c3cccs3)cc(N)c2=O)c1. The zero-order chi connectivity index (χ0) is 18.7. The van der Waals surface area contributed by atoms with E-state index in [1.165, 1.54) is 17.4 Å². The third kappa shape index (κ3) is 3.75. The van der Waals surface area contributed by atoms with Crippen LogP contribution >= 0.6 is 11.3 Å². The Labute approximate surface area is 154 Å². The van der Waals surface area contributed by atoms with Crippen LogP contribution in [0.1, 0.15) is 5.56 Å². The Morgan fingerprint density at radius 3 is 2.85 bits per heavy atom. The molecule has 1 amide bonds. The Hall–Kier alpha value is -3.13. The maximum atomic E-state index is 12.4. The number of carbonyl (C=O) groups is 1. The lowest BCUT2D eigenvalue weighted by Crippen LogP contribution is -2.31. The van der Waals surface area contributed by atoms with E-state index >= 15 is 0 Å². The maximum absolute atomic E-state index is 12.4. The first-order valence-corrected chi connectivity index (χ1v) is 8.72. The van der Waals surface area contributed by atoms with Gasteiger partial charge >= 0.3 is 0 Å². The van der Waals surface area contributed by atoms with E-state index in [0.717, 1.165) is 15.1 Å². The molecule has 2 aromatic heterocycles. The van der Waals surface area contributed by atoms with Gasteiger partial charge in [0, 0.05) is 11.8 Å². The Morgan fingerprint density at radius 1 is 1.35 bits per heavy atom. The fraction of sp³-hybridized carbons (Fsp3) is 0.167. The van der Waals surface area contributed by atoms with Gasteiger partial charge in [0.1, 0.15) is 23.7 Å². The highest BCUT2D eigenvalue weighted by atomic mass is 32.1. The van der Waals surface area contributed by atoms with Gasteiger partial charge < -0.3 is 15.8 Å². The number of aryl methyl sites for hydroxylation is 1. The summed E-state index contributed by atoms with van der Waals surface area (Å²) in [7, 11) is 1.55. The maximum Gasteiger partial charge on any atom is 0.290 e. The molecular formula is C18H18N4O3S. The van der Waals surface area contributed by atoms with Crippen molar-refractivity contribution >= 4 is 28.6 Å². The van der Waals surface area contributed by atoms with Crippen LogP contribution in [0.2, 0.25) is 0 Å². The zero-order valence-corrected chi connectivity index (χ0v) is 15.2. The second-order valence-corrected chi connectivity index (χ2v) is 6.60. The third-order valence-corrected chi connectivity index (χ3v) is 4.68. The van der Waals surface area contributed by atoms with Crippen molar-refractivity contribution in [3.8, 4) is 16.3 Å². The van der Waals surface area contributed by atoms with Crippen LogP contribution in [0.15, 0.2) is 46.6 Å². The highest BCUT2D eigenvalue weighted by Gasteiger charge is 2.13. The summed E-state index contributed by atoms with van der Waals surface area (Å²) in [5.74, 6) is 0.254. The van der Waals surface area contributed by atoms with Crippen LogP contribution in [0.25, 0.3) is 10.6 Å². The van der Waals surface area contributed by atoms with Gasteiger partial charge in [0.05, 0.1) is 12.0 Å². The van der Waals surface area contributed by atoms with Crippen molar-refractivity contribution < 1.29 is 9.53 Å². The molecule has 0 spiro atoms. The number of nitrogens with zero attached hydrogens (tertiary/aromatic N) is 2. The van der Waals surface area contributed by atoms with Crippen molar-refractivity contribution in [1.82, 2.24) is 9.78 Å². The number of thiophene rings is 1. The van der Waals surface area contributed by atoms with Crippen LogP contribution in [0, 0.1) is 6.92 Å². The number of hydrogen-bond acceptors (Lipinski definition) is 6. The number of nitrogens with one attached hydrogen (secondary N) is 1. The topological polar surface area (TPSA) is 99.2 Å². The lowest BCUT2D eigenvalue weighted by atomic mass is 10.2. The predicted octanol–water partition coefficient (Wildman–Crippen LogP) is 2.51. The molecule has 0 radical (unpaired) electrons. The van der Waals surface area contributed by atoms with Crippen LogP contribution < -0.4 is 21.3 Å². The quantitative estimate of drug-likeness (QED) is 0.719. The number of nitrogen functional groups attached to an aromatic ring is 1. The van der Waals surface area contributed by atoms with Crippen LogP contribution in [-0.4, -0.2) is 22.8 Å². The average molecular weight is 370 g/mol. The number of amides is 1. The van der Waals surface area contributed by atoms with E-state index < -0.39 is 5.56 Å². The number of rotatable bonds is 5. The largest absolute Gasteiger partial charge is 0.497 e. The van der Waals surface area contributed by atoms with Crippen LogP contribution in [0.4, 0.5) is 11.4 Å². The van der Waals surface area contributed by atoms with Gasteiger partial charge in [0.15, 0.2) is 0 Å². The number of benzene rings is 1. The summed E-state index contributed by atoms with van der Waals surface area (Å²) in [6, 6.07) is 10.7. The summed E-state index contributed by atoms with van der Waals surface area (Å²) in [6.07, 6.45) is 0. The zero-order valence-electron chi connectivity index (χ0n) is 14.4. The number of aromatic nitrogens is 2. The van der Waals surface area contributed by atoms with Gasteiger partial charge in [0.2, 0.25) is 5.91 Å². The highest BCUT2D eigenvalue weighted by molar-refractivity contribution is 7.13. The summed E-state index contributed by atoms with van der Waals surface area (Å²) in [4.78, 5) is 25.5. The predicted molar refractivity (Wildman–Crippen MR) is 103 cm³/mol. The van der Waals surface area contributed by atoms with Gasteiger partial charge in [-0.15, -0.1) is 11.3 Å². The molecule has 3 rings (SSSR count). The van der Waals surface area contributed by atoms with E-state index in [4.69, 9.17) is 10.5 Å². The standard InChI is InChI=1S/C18H18N4O3S/c1-11-5-6-12(25-2)8-14(11)20-17(23)10-22-18(24)13(19)9-15(21-22)16-4-3-7-26-16/h3-9H,10,19H2,1-2H3,(H,20,23). The molecule has 0 saturated carbocycles. The van der Waals surface area contributed by atoms with Crippen molar-refractivity contribution in [3.05, 3.63) is 57.7 Å². The van der Waals surface area contributed by atoms with Crippen molar-refractivity contribution in [2.24, 2.45) is 0 Å². The number of anilines is 2. The van der Waals surface area contributed by atoms with Crippen LogP contribution in [-0.2, 0) is 11.3 Å². The minimum atomic E-state index is -0.497. The van der Waals surface area contributed by atoms with Gasteiger partial charge in [-0.1, -0.05) is 12.1 Å². The lowest BCUT2D eigenvalue weighted by molar-refractivity contribution is -0.117. The Kier molecular flexibility index (Phi) is 5.04.